The number of benzene rings is 1. The lowest BCUT2D eigenvalue weighted by molar-refractivity contribution is 0.376. The Kier molecular flexibility index (Phi) is 4.18. The van der Waals surface area contributed by atoms with E-state index in [9.17, 15) is 8.42 Å². The van der Waals surface area contributed by atoms with Gasteiger partial charge in [0.1, 0.15) is 0 Å². The third-order valence-corrected chi connectivity index (χ3v) is 4.08. The first kappa shape index (κ1) is 14.0. The van der Waals surface area contributed by atoms with Crippen molar-refractivity contribution in [2.45, 2.75) is 13.5 Å². The molecule has 0 unspecified atom stereocenters. The molecule has 0 amide bonds. The van der Waals surface area contributed by atoms with Gasteiger partial charge in [-0.2, -0.15) is 4.98 Å². The molecule has 0 saturated carbocycles. The predicted molar refractivity (Wildman–Crippen MR) is 71.0 cm³/mol. The molecule has 1 aromatic carbocycles. The van der Waals surface area contributed by atoms with Crippen molar-refractivity contribution in [2.24, 2.45) is 0 Å². The quantitative estimate of drug-likeness (QED) is 0.910. The molecular weight excluding hydrogens is 290 g/mol. The van der Waals surface area contributed by atoms with E-state index in [-0.39, 0.29) is 18.2 Å². The minimum atomic E-state index is -3.29. The third kappa shape index (κ3) is 3.52. The van der Waals surface area contributed by atoms with E-state index in [0.29, 0.717) is 16.4 Å². The zero-order valence-corrected chi connectivity index (χ0v) is 11.7. The number of aromatic nitrogens is 2. The Labute approximate surface area is 115 Å². The Morgan fingerprint density at radius 1 is 1.37 bits per heavy atom. The van der Waals surface area contributed by atoms with Crippen LogP contribution in [0.4, 0.5) is 0 Å². The van der Waals surface area contributed by atoms with Crippen LogP contribution in [-0.4, -0.2) is 24.3 Å². The highest BCUT2D eigenvalue weighted by atomic mass is 35.5. The van der Waals surface area contributed by atoms with Crippen LogP contribution in [0.1, 0.15) is 12.8 Å². The molecule has 0 fully saturated rings. The molecule has 1 heterocycles. The first-order valence-electron chi connectivity index (χ1n) is 5.56. The fourth-order valence-corrected chi connectivity index (χ4v) is 2.12. The van der Waals surface area contributed by atoms with Gasteiger partial charge in [0.15, 0.2) is 0 Å². The first-order valence-corrected chi connectivity index (χ1v) is 7.59. The highest BCUT2D eigenvalue weighted by molar-refractivity contribution is 7.89. The van der Waals surface area contributed by atoms with E-state index in [2.05, 4.69) is 14.9 Å². The van der Waals surface area contributed by atoms with Crippen LogP contribution in [0, 0.1) is 0 Å². The smallest absolute Gasteiger partial charge is 0.242 e. The maximum atomic E-state index is 11.3. The predicted octanol–water partition coefficient (Wildman–Crippen LogP) is 1.83. The van der Waals surface area contributed by atoms with E-state index in [1.165, 1.54) is 0 Å². The van der Waals surface area contributed by atoms with Crippen LogP contribution < -0.4 is 4.72 Å². The summed E-state index contributed by atoms with van der Waals surface area (Å²) in [7, 11) is -3.29. The number of hydrogen-bond acceptors (Lipinski definition) is 5. The summed E-state index contributed by atoms with van der Waals surface area (Å²) in [5, 5.41) is 4.27. The van der Waals surface area contributed by atoms with Crippen LogP contribution in [-0.2, 0) is 16.6 Å². The van der Waals surface area contributed by atoms with Gasteiger partial charge in [-0.3, -0.25) is 0 Å². The van der Waals surface area contributed by atoms with Crippen molar-refractivity contribution in [2.75, 3.05) is 5.75 Å². The molecule has 2 aromatic rings. The molecule has 0 aliphatic carbocycles. The van der Waals surface area contributed by atoms with Gasteiger partial charge in [0.2, 0.25) is 21.7 Å². The highest BCUT2D eigenvalue weighted by Gasteiger charge is 2.13. The summed E-state index contributed by atoms with van der Waals surface area (Å²) >= 11 is 6.01. The van der Waals surface area contributed by atoms with Crippen LogP contribution in [0.3, 0.4) is 0 Å². The summed E-state index contributed by atoms with van der Waals surface area (Å²) in [6.07, 6.45) is 0. The van der Waals surface area contributed by atoms with Crippen molar-refractivity contribution >= 4 is 21.6 Å². The monoisotopic (exact) mass is 301 g/mol. The average Bonchev–Trinajstić information content (AvgIpc) is 2.86. The number of nitrogens with zero attached hydrogens (tertiary/aromatic N) is 2. The summed E-state index contributed by atoms with van der Waals surface area (Å²) in [5.41, 5.74) is 0.637. The summed E-state index contributed by atoms with van der Waals surface area (Å²) < 4.78 is 29.9. The molecule has 6 nitrogen and oxygen atoms in total. The molecule has 1 N–H and O–H groups in total. The molecule has 0 spiro atoms. The lowest BCUT2D eigenvalue weighted by Gasteiger charge is -1.99. The zero-order chi connectivity index (χ0) is 13.9. The Morgan fingerprint density at radius 3 is 2.79 bits per heavy atom. The van der Waals surface area contributed by atoms with Gasteiger partial charge in [0.25, 0.3) is 0 Å². The molecule has 0 saturated heterocycles. The molecule has 2 rings (SSSR count). The normalized spacial score (nSPS) is 11.7. The van der Waals surface area contributed by atoms with E-state index >= 15 is 0 Å². The Morgan fingerprint density at radius 2 is 2.11 bits per heavy atom. The second-order valence-electron chi connectivity index (χ2n) is 3.72. The fraction of sp³-hybridized carbons (Fsp3) is 0.273. The molecule has 0 radical (unpaired) electrons. The lowest BCUT2D eigenvalue weighted by Crippen LogP contribution is -2.24. The number of sulfonamides is 1. The third-order valence-electron chi connectivity index (χ3n) is 2.41. The van der Waals surface area contributed by atoms with Gasteiger partial charge >= 0.3 is 0 Å². The van der Waals surface area contributed by atoms with Crippen LogP contribution in [0.5, 0.6) is 0 Å². The number of rotatable bonds is 5. The van der Waals surface area contributed by atoms with Gasteiger partial charge in [-0.25, -0.2) is 13.1 Å². The number of halogens is 1. The second-order valence-corrected chi connectivity index (χ2v) is 6.22. The van der Waals surface area contributed by atoms with E-state index in [4.69, 9.17) is 16.1 Å². The second kappa shape index (κ2) is 5.68. The molecule has 8 heteroatoms. The lowest BCUT2D eigenvalue weighted by atomic mass is 10.2. The number of nitrogens with one attached hydrogen (secondary N) is 1. The van der Waals surface area contributed by atoms with Gasteiger partial charge < -0.3 is 4.52 Å². The topological polar surface area (TPSA) is 85.1 Å². The van der Waals surface area contributed by atoms with E-state index < -0.39 is 10.0 Å². The standard InChI is InChI=1S/C11H12ClN3O3S/c1-2-19(16,17)13-7-10-14-11(15-18-10)8-5-3-4-6-9(8)12/h3-6,13H,2,7H2,1H3. The van der Waals surface area contributed by atoms with Gasteiger partial charge in [0, 0.05) is 5.56 Å². The van der Waals surface area contributed by atoms with Crippen molar-refractivity contribution in [3.8, 4) is 11.4 Å². The molecule has 0 aliphatic heterocycles. The minimum absolute atomic E-state index is 0.00148. The van der Waals surface area contributed by atoms with Crippen LogP contribution in [0.25, 0.3) is 11.4 Å². The van der Waals surface area contributed by atoms with Gasteiger partial charge in [0.05, 0.1) is 17.3 Å². The highest BCUT2D eigenvalue weighted by Crippen LogP contribution is 2.24. The van der Waals surface area contributed by atoms with Crippen LogP contribution in [0.15, 0.2) is 28.8 Å². The van der Waals surface area contributed by atoms with Crippen LogP contribution >= 0.6 is 11.6 Å². The Balaban J connectivity index is 2.14. The Bertz CT molecular complexity index is 669. The van der Waals surface area contributed by atoms with Crippen molar-refractivity contribution < 1.29 is 12.9 Å². The summed E-state index contributed by atoms with van der Waals surface area (Å²) in [6.45, 7) is 1.51. The van der Waals surface area contributed by atoms with Crippen molar-refractivity contribution in [3.05, 3.63) is 35.2 Å². The largest absolute Gasteiger partial charge is 0.338 e. The first-order chi connectivity index (χ1) is 9.02. The van der Waals surface area contributed by atoms with Crippen molar-refractivity contribution in [3.63, 3.8) is 0 Å². The average molecular weight is 302 g/mol. The maximum absolute atomic E-state index is 11.3. The molecule has 1 aromatic heterocycles. The van der Waals surface area contributed by atoms with Gasteiger partial charge in [-0.1, -0.05) is 28.9 Å². The van der Waals surface area contributed by atoms with E-state index in [1.54, 1.807) is 31.2 Å². The maximum Gasteiger partial charge on any atom is 0.242 e. The molecule has 102 valence electrons. The summed E-state index contributed by atoms with van der Waals surface area (Å²) in [5.74, 6) is 0.515. The van der Waals surface area contributed by atoms with Crippen LogP contribution in [0.2, 0.25) is 5.02 Å². The van der Waals surface area contributed by atoms with Crippen molar-refractivity contribution in [1.82, 2.24) is 14.9 Å². The molecule has 0 bridgehead atoms. The molecule has 19 heavy (non-hydrogen) atoms. The van der Waals surface area contributed by atoms with Gasteiger partial charge in [-0.15, -0.1) is 0 Å². The fourth-order valence-electron chi connectivity index (χ4n) is 1.35. The molecule has 0 atom stereocenters. The van der Waals surface area contributed by atoms with E-state index in [1.807, 2.05) is 0 Å². The SMILES string of the molecule is CCS(=O)(=O)NCc1nc(-c2ccccc2Cl)no1. The van der Waals surface area contributed by atoms with E-state index in [0.717, 1.165) is 0 Å². The Hall–Kier alpha value is -1.44. The molecular formula is C11H12ClN3O3S. The summed E-state index contributed by atoms with van der Waals surface area (Å²) in [4.78, 5) is 4.09. The molecule has 0 aliphatic rings. The number of hydrogen-bond donors (Lipinski definition) is 1. The zero-order valence-electron chi connectivity index (χ0n) is 10.1. The minimum Gasteiger partial charge on any atom is -0.338 e. The van der Waals surface area contributed by atoms with Gasteiger partial charge in [-0.05, 0) is 19.1 Å². The summed E-state index contributed by atoms with van der Waals surface area (Å²) in [6, 6.07) is 7.07. The van der Waals surface area contributed by atoms with Crippen molar-refractivity contribution in [1.29, 1.82) is 0 Å².